The molecule has 2 N–H and O–H groups in total. The molecule has 1 amide bonds. The van der Waals surface area contributed by atoms with Crippen LogP contribution in [-0.2, 0) is 11.2 Å². The van der Waals surface area contributed by atoms with Gasteiger partial charge < -0.3 is 10.6 Å². The summed E-state index contributed by atoms with van der Waals surface area (Å²) in [5.74, 6) is -1.14. The Hall–Kier alpha value is -3.54. The van der Waals surface area contributed by atoms with E-state index in [4.69, 9.17) is 0 Å². The molecule has 0 aliphatic carbocycles. The average Bonchev–Trinajstić information content (AvgIpc) is 3.03. The molecule has 3 aromatic rings. The highest BCUT2D eigenvalue weighted by Crippen LogP contribution is 2.32. The van der Waals surface area contributed by atoms with Crippen LogP contribution < -0.4 is 10.6 Å². The fraction of sp³-hybridized carbons (Fsp3) is 0.174. The van der Waals surface area contributed by atoms with Crippen LogP contribution in [0.25, 0.3) is 0 Å². The Morgan fingerprint density at radius 2 is 2.00 bits per heavy atom. The minimum Gasteiger partial charge on any atom is -0.384 e. The van der Waals surface area contributed by atoms with Gasteiger partial charge in [-0.1, -0.05) is 0 Å². The van der Waals surface area contributed by atoms with E-state index in [1.807, 2.05) is 37.3 Å². The zero-order chi connectivity index (χ0) is 20.2. The minimum atomic E-state index is -0.584. The van der Waals surface area contributed by atoms with Crippen LogP contribution in [0.15, 0.2) is 65.9 Å². The van der Waals surface area contributed by atoms with E-state index in [0.717, 1.165) is 29.9 Å². The maximum absolute atomic E-state index is 13.5. The summed E-state index contributed by atoms with van der Waals surface area (Å²) in [6.45, 7) is 2.83. The summed E-state index contributed by atoms with van der Waals surface area (Å²) >= 11 is 0. The molecule has 0 fully saturated rings. The number of hydrogen-bond acceptors (Lipinski definition) is 4. The number of aryl methyl sites for hydroxylation is 1. The third-order valence-corrected chi connectivity index (χ3v) is 4.95. The molecule has 1 unspecified atom stereocenters. The number of hydrogen-bond donors (Lipinski definition) is 2. The van der Waals surface area contributed by atoms with Gasteiger partial charge in [-0.25, -0.2) is 4.39 Å². The molecule has 0 bridgehead atoms. The molecule has 0 spiro atoms. The number of carbonyl (C=O) groups is 1. The van der Waals surface area contributed by atoms with Gasteiger partial charge >= 0.3 is 0 Å². The highest BCUT2D eigenvalue weighted by molar-refractivity contribution is 6.12. The van der Waals surface area contributed by atoms with Crippen LogP contribution >= 0.6 is 0 Å². The summed E-state index contributed by atoms with van der Waals surface area (Å²) in [5.41, 5.74) is 5.35. The molecular weight excluding hydrogens is 367 g/mol. The van der Waals surface area contributed by atoms with Crippen molar-refractivity contribution in [2.24, 2.45) is 4.99 Å². The molecule has 0 saturated heterocycles. The molecular formula is C23H21FN4O. The predicted molar refractivity (Wildman–Crippen MR) is 114 cm³/mol. The second kappa shape index (κ2) is 8.22. The number of rotatable bonds is 6. The Morgan fingerprint density at radius 1 is 1.17 bits per heavy atom. The van der Waals surface area contributed by atoms with Crippen LogP contribution in [-0.4, -0.2) is 23.7 Å². The molecule has 0 saturated carbocycles. The molecule has 29 heavy (non-hydrogen) atoms. The Kier molecular flexibility index (Phi) is 5.33. The average molecular weight is 388 g/mol. The number of amides is 1. The molecule has 1 aliphatic rings. The smallest absolute Gasteiger partial charge is 0.237 e. The van der Waals surface area contributed by atoms with E-state index in [9.17, 15) is 9.18 Å². The first kappa shape index (κ1) is 18.8. The van der Waals surface area contributed by atoms with Crippen molar-refractivity contribution >= 4 is 29.2 Å². The summed E-state index contributed by atoms with van der Waals surface area (Å²) in [4.78, 5) is 20.7. The third-order valence-electron chi connectivity index (χ3n) is 4.95. The SMILES string of the molecule is Cc1cc(N=CC2C(=O)Nc3ccc(F)cc32)ccc1NCCc1ccncc1. The maximum atomic E-state index is 13.5. The first-order valence-electron chi connectivity index (χ1n) is 9.48. The molecule has 1 aromatic heterocycles. The van der Waals surface area contributed by atoms with E-state index >= 15 is 0 Å². The van der Waals surface area contributed by atoms with E-state index in [0.29, 0.717) is 11.3 Å². The summed E-state index contributed by atoms with van der Waals surface area (Å²) in [6, 6.07) is 14.2. The number of halogens is 1. The molecule has 6 heteroatoms. The van der Waals surface area contributed by atoms with Crippen molar-refractivity contribution in [1.82, 2.24) is 4.98 Å². The van der Waals surface area contributed by atoms with Gasteiger partial charge in [0.2, 0.25) is 5.91 Å². The number of pyridine rings is 1. The monoisotopic (exact) mass is 388 g/mol. The van der Waals surface area contributed by atoms with Crippen LogP contribution in [0.3, 0.4) is 0 Å². The van der Waals surface area contributed by atoms with Crippen molar-refractivity contribution in [3.63, 3.8) is 0 Å². The van der Waals surface area contributed by atoms with Gasteiger partial charge in [-0.15, -0.1) is 0 Å². The lowest BCUT2D eigenvalue weighted by atomic mass is 10.0. The van der Waals surface area contributed by atoms with Gasteiger partial charge in [0.15, 0.2) is 0 Å². The Morgan fingerprint density at radius 3 is 2.79 bits per heavy atom. The van der Waals surface area contributed by atoms with Gasteiger partial charge in [0.05, 0.1) is 5.69 Å². The van der Waals surface area contributed by atoms with E-state index in [2.05, 4.69) is 20.6 Å². The normalized spacial score (nSPS) is 15.4. The van der Waals surface area contributed by atoms with Crippen LogP contribution in [0.4, 0.5) is 21.5 Å². The van der Waals surface area contributed by atoms with E-state index in [1.165, 1.54) is 17.7 Å². The third kappa shape index (κ3) is 4.32. The highest BCUT2D eigenvalue weighted by Gasteiger charge is 2.29. The van der Waals surface area contributed by atoms with Gasteiger partial charge in [0, 0.05) is 36.5 Å². The Bertz CT molecular complexity index is 1070. The number of benzene rings is 2. The number of fused-ring (bicyclic) bond motifs is 1. The Labute approximate surface area is 168 Å². The lowest BCUT2D eigenvalue weighted by Gasteiger charge is -2.10. The van der Waals surface area contributed by atoms with Crippen molar-refractivity contribution in [2.75, 3.05) is 17.2 Å². The zero-order valence-corrected chi connectivity index (χ0v) is 16.0. The number of anilines is 2. The van der Waals surface area contributed by atoms with Crippen molar-refractivity contribution in [2.45, 2.75) is 19.3 Å². The van der Waals surface area contributed by atoms with E-state index < -0.39 is 5.92 Å². The standard InChI is InChI=1S/C23H21FN4O/c1-15-12-18(3-5-21(15)26-11-8-16-6-9-25-10-7-16)27-14-20-19-13-17(24)2-4-22(19)28-23(20)29/h2-7,9-10,12-14,20,26H,8,11H2,1H3,(H,28,29). The Balaban J connectivity index is 1.42. The fourth-order valence-electron chi connectivity index (χ4n) is 3.38. The number of aromatic nitrogens is 1. The molecule has 2 heterocycles. The van der Waals surface area contributed by atoms with Gasteiger partial charge in [-0.05, 0) is 78.6 Å². The van der Waals surface area contributed by atoms with E-state index in [1.54, 1.807) is 24.7 Å². The van der Waals surface area contributed by atoms with Crippen molar-refractivity contribution in [1.29, 1.82) is 0 Å². The van der Waals surface area contributed by atoms with Crippen LogP contribution in [0.1, 0.15) is 22.6 Å². The van der Waals surface area contributed by atoms with Crippen molar-refractivity contribution < 1.29 is 9.18 Å². The lowest BCUT2D eigenvalue weighted by Crippen LogP contribution is -2.12. The molecule has 2 aromatic carbocycles. The van der Waals surface area contributed by atoms with Crippen LogP contribution in [0.5, 0.6) is 0 Å². The van der Waals surface area contributed by atoms with Crippen molar-refractivity contribution in [3.8, 4) is 0 Å². The minimum absolute atomic E-state index is 0.194. The number of nitrogens with zero attached hydrogens (tertiary/aromatic N) is 2. The first-order valence-corrected chi connectivity index (χ1v) is 9.48. The quantitative estimate of drug-likeness (QED) is 0.606. The van der Waals surface area contributed by atoms with Gasteiger partial charge in [-0.3, -0.25) is 14.8 Å². The lowest BCUT2D eigenvalue weighted by molar-refractivity contribution is -0.115. The number of nitrogens with one attached hydrogen (secondary N) is 2. The maximum Gasteiger partial charge on any atom is 0.237 e. The largest absolute Gasteiger partial charge is 0.384 e. The van der Waals surface area contributed by atoms with Gasteiger partial charge in [0.25, 0.3) is 0 Å². The molecule has 4 rings (SSSR count). The number of carbonyl (C=O) groups excluding carboxylic acids is 1. The molecule has 1 atom stereocenters. The first-order chi connectivity index (χ1) is 14.1. The zero-order valence-electron chi connectivity index (χ0n) is 16.0. The molecule has 1 aliphatic heterocycles. The second-order valence-electron chi connectivity index (χ2n) is 7.01. The van der Waals surface area contributed by atoms with Gasteiger partial charge in [0.1, 0.15) is 11.7 Å². The highest BCUT2D eigenvalue weighted by atomic mass is 19.1. The second-order valence-corrected chi connectivity index (χ2v) is 7.01. The van der Waals surface area contributed by atoms with Crippen molar-refractivity contribution in [3.05, 3.63) is 83.4 Å². The molecule has 146 valence electrons. The predicted octanol–water partition coefficient (Wildman–Crippen LogP) is 4.62. The van der Waals surface area contributed by atoms with E-state index in [-0.39, 0.29) is 11.7 Å². The summed E-state index contributed by atoms with van der Waals surface area (Å²) in [7, 11) is 0. The summed E-state index contributed by atoms with van der Waals surface area (Å²) in [6.07, 6.45) is 6.08. The molecule has 5 nitrogen and oxygen atoms in total. The van der Waals surface area contributed by atoms with Crippen LogP contribution in [0, 0.1) is 12.7 Å². The molecule has 0 radical (unpaired) electrons. The summed E-state index contributed by atoms with van der Waals surface area (Å²) in [5, 5.41) is 6.19. The number of aliphatic imine (C=N–C) groups is 1. The fourth-order valence-corrected chi connectivity index (χ4v) is 3.38. The summed E-state index contributed by atoms with van der Waals surface area (Å²) < 4.78 is 13.5. The topological polar surface area (TPSA) is 66.4 Å². The van der Waals surface area contributed by atoms with Gasteiger partial charge in [-0.2, -0.15) is 0 Å². The van der Waals surface area contributed by atoms with Crippen LogP contribution in [0.2, 0.25) is 0 Å².